The summed E-state index contributed by atoms with van der Waals surface area (Å²) in [7, 11) is 0. The van der Waals surface area contributed by atoms with Gasteiger partial charge in [0.1, 0.15) is 0 Å². The van der Waals surface area contributed by atoms with Crippen molar-refractivity contribution in [3.8, 4) is 0 Å². The largest absolute Gasteiger partial charge is 0.350 e. The molecule has 0 spiro atoms. The molecule has 0 unspecified atom stereocenters. The molecular weight excluding hydrogens is 340 g/mol. The van der Waals surface area contributed by atoms with Gasteiger partial charge in [0.25, 0.3) is 0 Å². The highest BCUT2D eigenvalue weighted by Gasteiger charge is 2.27. The minimum Gasteiger partial charge on any atom is -0.350 e. The Morgan fingerprint density at radius 1 is 0.923 bits per heavy atom. The highest BCUT2D eigenvalue weighted by molar-refractivity contribution is 6.30. The molecule has 1 aromatic heterocycles. The molecule has 1 atom stereocenters. The molecule has 0 aliphatic carbocycles. The molecule has 134 valence electrons. The monoisotopic (exact) mass is 364 g/mol. The lowest BCUT2D eigenvalue weighted by atomic mass is 9.99. The second kappa shape index (κ2) is 7.69. The minimum atomic E-state index is 0.259. The van der Waals surface area contributed by atoms with Crippen LogP contribution in [-0.2, 0) is 19.5 Å². The Morgan fingerprint density at radius 2 is 1.69 bits per heavy atom. The maximum atomic E-state index is 6.15. The van der Waals surface area contributed by atoms with E-state index in [-0.39, 0.29) is 6.04 Å². The van der Waals surface area contributed by atoms with E-state index in [0.29, 0.717) is 0 Å². The van der Waals surface area contributed by atoms with Gasteiger partial charge in [-0.05, 0) is 53.8 Å². The number of rotatable bonds is 4. The fourth-order valence-electron chi connectivity index (χ4n) is 4.11. The summed E-state index contributed by atoms with van der Waals surface area (Å²) in [6.45, 7) is 5.39. The first kappa shape index (κ1) is 17.4. The van der Waals surface area contributed by atoms with E-state index in [2.05, 4.69) is 71.1 Å². The van der Waals surface area contributed by atoms with Gasteiger partial charge in [0, 0.05) is 36.5 Å². The molecule has 0 bridgehead atoms. The fraction of sp³-hybridized carbons (Fsp3) is 0.304. The number of fused-ring (bicyclic) bond motifs is 1. The summed E-state index contributed by atoms with van der Waals surface area (Å²) in [5.74, 6) is 0. The lowest BCUT2D eigenvalue weighted by molar-refractivity contribution is 0.220. The highest BCUT2D eigenvalue weighted by Crippen LogP contribution is 2.34. The van der Waals surface area contributed by atoms with Crippen molar-refractivity contribution in [3.05, 3.63) is 94.3 Å². The van der Waals surface area contributed by atoms with Crippen LogP contribution in [0.5, 0.6) is 0 Å². The van der Waals surface area contributed by atoms with Crippen LogP contribution in [-0.4, -0.2) is 16.0 Å². The molecule has 0 radical (unpaired) electrons. The van der Waals surface area contributed by atoms with Crippen molar-refractivity contribution in [2.45, 2.75) is 38.9 Å². The second-order valence-electron chi connectivity index (χ2n) is 7.03. The van der Waals surface area contributed by atoms with Gasteiger partial charge in [0.15, 0.2) is 0 Å². The van der Waals surface area contributed by atoms with E-state index in [4.69, 9.17) is 11.6 Å². The van der Waals surface area contributed by atoms with E-state index in [0.717, 1.165) is 31.1 Å². The van der Waals surface area contributed by atoms with Crippen LogP contribution in [0.4, 0.5) is 0 Å². The maximum absolute atomic E-state index is 6.15. The standard InChI is InChI=1S/C23H25ClN2/c1-2-18-7-3-4-8-20(18)17-26-16-6-15-25-14-5-9-22(25)23(26)19-10-12-21(24)13-11-19/h3-5,7-14,23H,2,6,15-17H2,1H3/t23-/m0/s1. The maximum Gasteiger partial charge on any atom is 0.0759 e. The average molecular weight is 365 g/mol. The molecule has 3 heteroatoms. The molecule has 0 saturated carbocycles. The normalized spacial score (nSPS) is 17.7. The van der Waals surface area contributed by atoms with Crippen LogP contribution in [0.2, 0.25) is 5.02 Å². The Bertz CT molecular complexity index is 866. The third-order valence-corrected chi connectivity index (χ3v) is 5.66. The fourth-order valence-corrected chi connectivity index (χ4v) is 4.24. The van der Waals surface area contributed by atoms with Crippen LogP contribution >= 0.6 is 11.6 Å². The van der Waals surface area contributed by atoms with Crippen molar-refractivity contribution in [2.75, 3.05) is 6.54 Å². The van der Waals surface area contributed by atoms with E-state index in [1.54, 1.807) is 0 Å². The van der Waals surface area contributed by atoms with E-state index >= 15 is 0 Å². The summed E-state index contributed by atoms with van der Waals surface area (Å²) in [4.78, 5) is 2.62. The van der Waals surface area contributed by atoms with Gasteiger partial charge >= 0.3 is 0 Å². The van der Waals surface area contributed by atoms with Crippen LogP contribution in [0.25, 0.3) is 0 Å². The first-order valence-electron chi connectivity index (χ1n) is 9.47. The summed E-state index contributed by atoms with van der Waals surface area (Å²) in [5.41, 5.74) is 5.57. The molecule has 0 amide bonds. The van der Waals surface area contributed by atoms with Gasteiger partial charge in [0.05, 0.1) is 6.04 Å². The Balaban J connectivity index is 1.74. The summed E-state index contributed by atoms with van der Waals surface area (Å²) >= 11 is 6.15. The van der Waals surface area contributed by atoms with Gasteiger partial charge in [-0.2, -0.15) is 0 Å². The predicted octanol–water partition coefficient (Wildman–Crippen LogP) is 5.70. The zero-order valence-electron chi connectivity index (χ0n) is 15.2. The van der Waals surface area contributed by atoms with Crippen LogP contribution in [0.1, 0.15) is 41.8 Å². The molecule has 0 fully saturated rings. The zero-order chi connectivity index (χ0) is 17.9. The number of nitrogens with zero attached hydrogens (tertiary/aromatic N) is 2. The number of halogens is 1. The zero-order valence-corrected chi connectivity index (χ0v) is 16.0. The van der Waals surface area contributed by atoms with Crippen LogP contribution < -0.4 is 0 Å². The Labute approximate surface area is 161 Å². The minimum absolute atomic E-state index is 0.259. The van der Waals surface area contributed by atoms with E-state index < -0.39 is 0 Å². The van der Waals surface area contributed by atoms with Gasteiger partial charge in [0.2, 0.25) is 0 Å². The van der Waals surface area contributed by atoms with Crippen LogP contribution in [0.15, 0.2) is 66.9 Å². The van der Waals surface area contributed by atoms with Gasteiger partial charge in [-0.3, -0.25) is 4.90 Å². The number of hydrogen-bond acceptors (Lipinski definition) is 1. The van der Waals surface area contributed by atoms with Crippen molar-refractivity contribution in [1.82, 2.24) is 9.47 Å². The molecular formula is C23H25ClN2. The number of aromatic nitrogens is 1. The number of benzene rings is 2. The van der Waals surface area contributed by atoms with E-state index in [1.165, 1.54) is 28.8 Å². The first-order valence-corrected chi connectivity index (χ1v) is 9.85. The Hall–Kier alpha value is -2.03. The molecule has 1 aliphatic rings. The first-order chi connectivity index (χ1) is 12.8. The van der Waals surface area contributed by atoms with Gasteiger partial charge in [-0.25, -0.2) is 0 Å². The summed E-state index contributed by atoms with van der Waals surface area (Å²) < 4.78 is 2.41. The van der Waals surface area contributed by atoms with Gasteiger partial charge in [-0.15, -0.1) is 0 Å². The molecule has 3 aromatic rings. The van der Waals surface area contributed by atoms with Crippen molar-refractivity contribution in [2.24, 2.45) is 0 Å². The topological polar surface area (TPSA) is 8.17 Å². The number of aryl methyl sites for hydroxylation is 2. The molecule has 0 saturated heterocycles. The van der Waals surface area contributed by atoms with Crippen molar-refractivity contribution >= 4 is 11.6 Å². The van der Waals surface area contributed by atoms with Crippen LogP contribution in [0, 0.1) is 0 Å². The summed E-state index contributed by atoms with van der Waals surface area (Å²) in [5, 5.41) is 0.792. The quantitative estimate of drug-likeness (QED) is 0.576. The molecule has 2 heterocycles. The molecule has 2 aromatic carbocycles. The summed E-state index contributed by atoms with van der Waals surface area (Å²) in [6, 6.07) is 21.9. The average Bonchev–Trinajstić information content (AvgIpc) is 3.05. The van der Waals surface area contributed by atoms with Crippen molar-refractivity contribution in [3.63, 3.8) is 0 Å². The Morgan fingerprint density at radius 3 is 2.46 bits per heavy atom. The smallest absolute Gasteiger partial charge is 0.0759 e. The van der Waals surface area contributed by atoms with Crippen molar-refractivity contribution in [1.29, 1.82) is 0 Å². The highest BCUT2D eigenvalue weighted by atomic mass is 35.5. The van der Waals surface area contributed by atoms with Gasteiger partial charge < -0.3 is 4.57 Å². The van der Waals surface area contributed by atoms with E-state index in [9.17, 15) is 0 Å². The van der Waals surface area contributed by atoms with E-state index in [1.807, 2.05) is 12.1 Å². The third-order valence-electron chi connectivity index (χ3n) is 5.41. The molecule has 4 rings (SSSR count). The lowest BCUT2D eigenvalue weighted by Crippen LogP contribution is -2.29. The van der Waals surface area contributed by atoms with Crippen LogP contribution in [0.3, 0.4) is 0 Å². The number of hydrogen-bond donors (Lipinski definition) is 0. The van der Waals surface area contributed by atoms with Gasteiger partial charge in [-0.1, -0.05) is 54.9 Å². The third kappa shape index (κ3) is 3.44. The molecule has 2 nitrogen and oxygen atoms in total. The SMILES string of the molecule is CCc1ccccc1CN1CCCn2cccc2[C@@H]1c1ccc(Cl)cc1. The molecule has 1 aliphatic heterocycles. The Kier molecular flexibility index (Phi) is 5.14. The summed E-state index contributed by atoms with van der Waals surface area (Å²) in [6.07, 6.45) is 4.45. The molecule has 26 heavy (non-hydrogen) atoms. The lowest BCUT2D eigenvalue weighted by Gasteiger charge is -2.31. The van der Waals surface area contributed by atoms with Crippen molar-refractivity contribution < 1.29 is 0 Å². The molecule has 0 N–H and O–H groups in total. The second-order valence-corrected chi connectivity index (χ2v) is 7.46. The predicted molar refractivity (Wildman–Crippen MR) is 109 cm³/mol.